The number of hydrogen-bond acceptors (Lipinski definition) is 4. The number of anilines is 1. The van der Waals surface area contributed by atoms with Crippen LogP contribution in [0.3, 0.4) is 0 Å². The summed E-state index contributed by atoms with van der Waals surface area (Å²) >= 11 is 0. The highest BCUT2D eigenvalue weighted by atomic mass is 16.5. The number of carbonyl (C=O) groups is 2. The molecule has 18 heavy (non-hydrogen) atoms. The quantitative estimate of drug-likeness (QED) is 0.653. The van der Waals surface area contributed by atoms with E-state index in [9.17, 15) is 9.59 Å². The van der Waals surface area contributed by atoms with Crippen LogP contribution in [-0.2, 0) is 4.79 Å². The topological polar surface area (TPSA) is 107 Å². The smallest absolute Gasteiger partial charge is 0.255 e. The van der Waals surface area contributed by atoms with E-state index in [2.05, 4.69) is 5.32 Å². The van der Waals surface area contributed by atoms with Crippen molar-refractivity contribution >= 4 is 17.5 Å². The first kappa shape index (κ1) is 13.8. The van der Waals surface area contributed by atoms with Crippen LogP contribution in [0.4, 0.5) is 5.69 Å². The Morgan fingerprint density at radius 1 is 1.44 bits per heavy atom. The summed E-state index contributed by atoms with van der Waals surface area (Å²) in [6, 6.07) is 4.43. The Labute approximate surface area is 105 Å². The van der Waals surface area contributed by atoms with E-state index in [0.717, 1.165) is 0 Å². The van der Waals surface area contributed by atoms with Gasteiger partial charge in [0.15, 0.2) is 0 Å². The van der Waals surface area contributed by atoms with Gasteiger partial charge in [0.25, 0.3) is 5.91 Å². The van der Waals surface area contributed by atoms with Crippen LogP contribution < -0.4 is 21.5 Å². The number of primary amides is 1. The van der Waals surface area contributed by atoms with Gasteiger partial charge in [0.2, 0.25) is 5.91 Å². The lowest BCUT2D eigenvalue weighted by atomic mass is 10.1. The zero-order chi connectivity index (χ0) is 13.7. The van der Waals surface area contributed by atoms with Gasteiger partial charge in [-0.2, -0.15) is 0 Å². The molecule has 6 heteroatoms. The predicted molar refractivity (Wildman–Crippen MR) is 68.1 cm³/mol. The third kappa shape index (κ3) is 3.65. The second-order valence-electron chi connectivity index (χ2n) is 4.00. The lowest BCUT2D eigenvalue weighted by molar-refractivity contribution is -0.118. The van der Waals surface area contributed by atoms with Crippen molar-refractivity contribution in [1.82, 2.24) is 5.32 Å². The predicted octanol–water partition coefficient (Wildman–Crippen LogP) is 0.271. The Morgan fingerprint density at radius 3 is 2.67 bits per heavy atom. The molecule has 0 aliphatic rings. The first-order valence-corrected chi connectivity index (χ1v) is 5.46. The third-order valence-corrected chi connectivity index (χ3v) is 2.35. The lowest BCUT2D eigenvalue weighted by Crippen LogP contribution is -2.35. The minimum Gasteiger partial charge on any atom is -0.496 e. The fourth-order valence-corrected chi connectivity index (χ4v) is 1.56. The van der Waals surface area contributed by atoms with Crippen LogP contribution in [0.5, 0.6) is 5.75 Å². The van der Waals surface area contributed by atoms with Crippen LogP contribution in [0.25, 0.3) is 0 Å². The summed E-state index contributed by atoms with van der Waals surface area (Å²) in [5.74, 6) is -0.400. The Kier molecular flexibility index (Phi) is 4.53. The van der Waals surface area contributed by atoms with Gasteiger partial charge < -0.3 is 21.5 Å². The lowest BCUT2D eigenvalue weighted by Gasteiger charge is -2.14. The number of rotatable bonds is 5. The van der Waals surface area contributed by atoms with E-state index < -0.39 is 5.91 Å². The highest BCUT2D eigenvalue weighted by Crippen LogP contribution is 2.21. The molecule has 5 N–H and O–H groups in total. The van der Waals surface area contributed by atoms with Crippen molar-refractivity contribution in [3.05, 3.63) is 23.8 Å². The molecule has 1 aromatic rings. The molecule has 2 amide bonds. The van der Waals surface area contributed by atoms with Gasteiger partial charge in [-0.05, 0) is 25.1 Å². The summed E-state index contributed by atoms with van der Waals surface area (Å²) in [5, 5.41) is 2.65. The molecule has 98 valence electrons. The number of ether oxygens (including phenoxy) is 1. The monoisotopic (exact) mass is 251 g/mol. The van der Waals surface area contributed by atoms with Gasteiger partial charge >= 0.3 is 0 Å². The van der Waals surface area contributed by atoms with E-state index in [0.29, 0.717) is 17.0 Å². The fourth-order valence-electron chi connectivity index (χ4n) is 1.56. The number of nitrogens with two attached hydrogens (primary N) is 2. The molecule has 0 bridgehead atoms. The van der Waals surface area contributed by atoms with Gasteiger partial charge in [0.1, 0.15) is 5.75 Å². The first-order valence-electron chi connectivity index (χ1n) is 5.46. The van der Waals surface area contributed by atoms with Crippen molar-refractivity contribution in [2.24, 2.45) is 5.73 Å². The third-order valence-electron chi connectivity index (χ3n) is 2.35. The maximum atomic E-state index is 12.0. The molecule has 1 aromatic carbocycles. The second kappa shape index (κ2) is 5.90. The molecule has 0 saturated heterocycles. The average molecular weight is 251 g/mol. The van der Waals surface area contributed by atoms with Crippen molar-refractivity contribution in [3.63, 3.8) is 0 Å². The van der Waals surface area contributed by atoms with Crippen molar-refractivity contribution in [2.75, 3.05) is 12.8 Å². The Bertz CT molecular complexity index is 460. The van der Waals surface area contributed by atoms with Gasteiger partial charge in [-0.15, -0.1) is 0 Å². The molecule has 0 fully saturated rings. The molecule has 0 heterocycles. The number of methoxy groups -OCH3 is 1. The molecule has 1 unspecified atom stereocenters. The summed E-state index contributed by atoms with van der Waals surface area (Å²) in [6.45, 7) is 1.70. The van der Waals surface area contributed by atoms with E-state index in [-0.39, 0.29) is 18.4 Å². The van der Waals surface area contributed by atoms with Gasteiger partial charge in [0, 0.05) is 18.2 Å². The number of nitrogens with one attached hydrogen (secondary N) is 1. The number of carbonyl (C=O) groups excluding carboxylic acids is 2. The summed E-state index contributed by atoms with van der Waals surface area (Å²) in [5.41, 5.74) is 11.5. The van der Waals surface area contributed by atoms with Crippen molar-refractivity contribution in [1.29, 1.82) is 0 Å². The maximum absolute atomic E-state index is 12.0. The van der Waals surface area contributed by atoms with Crippen LogP contribution in [0.15, 0.2) is 18.2 Å². The maximum Gasteiger partial charge on any atom is 0.255 e. The minimum atomic E-state index is -0.470. The SMILES string of the molecule is COc1ccc(N)cc1C(=O)NC(C)CC(N)=O. The van der Waals surface area contributed by atoms with Crippen LogP contribution in [0.2, 0.25) is 0 Å². The van der Waals surface area contributed by atoms with Gasteiger partial charge in [-0.3, -0.25) is 9.59 Å². The van der Waals surface area contributed by atoms with Crippen LogP contribution >= 0.6 is 0 Å². The van der Waals surface area contributed by atoms with Crippen LogP contribution in [-0.4, -0.2) is 25.0 Å². The zero-order valence-corrected chi connectivity index (χ0v) is 10.4. The van der Waals surface area contributed by atoms with E-state index in [1.165, 1.54) is 13.2 Å². The Hall–Kier alpha value is -2.24. The molecule has 0 aromatic heterocycles. The zero-order valence-electron chi connectivity index (χ0n) is 10.4. The summed E-state index contributed by atoms with van der Waals surface area (Å²) < 4.78 is 5.08. The molecular weight excluding hydrogens is 234 g/mol. The number of benzene rings is 1. The highest BCUT2D eigenvalue weighted by molar-refractivity contribution is 5.98. The number of nitrogen functional groups attached to an aromatic ring is 1. The molecule has 0 radical (unpaired) electrons. The number of hydrogen-bond donors (Lipinski definition) is 3. The molecule has 0 aliphatic heterocycles. The van der Waals surface area contributed by atoms with Crippen LogP contribution in [0, 0.1) is 0 Å². The summed E-state index contributed by atoms with van der Waals surface area (Å²) in [7, 11) is 1.47. The van der Waals surface area contributed by atoms with Gasteiger partial charge in [-0.1, -0.05) is 0 Å². The first-order chi connectivity index (χ1) is 8.43. The van der Waals surface area contributed by atoms with E-state index in [1.54, 1.807) is 19.1 Å². The Balaban J connectivity index is 2.83. The fraction of sp³-hybridized carbons (Fsp3) is 0.333. The highest BCUT2D eigenvalue weighted by Gasteiger charge is 2.15. The van der Waals surface area contributed by atoms with E-state index in [1.807, 2.05) is 0 Å². The van der Waals surface area contributed by atoms with Crippen molar-refractivity contribution in [2.45, 2.75) is 19.4 Å². The van der Waals surface area contributed by atoms with Crippen LogP contribution in [0.1, 0.15) is 23.7 Å². The standard InChI is InChI=1S/C12H17N3O3/c1-7(5-11(14)16)15-12(17)9-6-8(13)3-4-10(9)18-2/h3-4,6-7H,5,13H2,1-2H3,(H2,14,16)(H,15,17). The summed E-state index contributed by atoms with van der Waals surface area (Å²) in [6.07, 6.45) is 0.0797. The van der Waals surface area contributed by atoms with E-state index in [4.69, 9.17) is 16.2 Å². The molecule has 1 rings (SSSR count). The van der Waals surface area contributed by atoms with Gasteiger partial charge in [-0.25, -0.2) is 0 Å². The molecule has 0 aliphatic carbocycles. The number of amides is 2. The molecule has 1 atom stereocenters. The van der Waals surface area contributed by atoms with E-state index >= 15 is 0 Å². The van der Waals surface area contributed by atoms with Gasteiger partial charge in [0.05, 0.1) is 12.7 Å². The minimum absolute atomic E-state index is 0.0797. The molecule has 0 spiro atoms. The van der Waals surface area contributed by atoms with Crippen molar-refractivity contribution < 1.29 is 14.3 Å². The average Bonchev–Trinajstić information content (AvgIpc) is 2.27. The van der Waals surface area contributed by atoms with Crippen molar-refractivity contribution in [3.8, 4) is 5.75 Å². The molecule has 0 saturated carbocycles. The molecular formula is C12H17N3O3. The second-order valence-corrected chi connectivity index (χ2v) is 4.00. The Morgan fingerprint density at radius 2 is 2.11 bits per heavy atom. The largest absolute Gasteiger partial charge is 0.496 e. The normalized spacial score (nSPS) is 11.7. The summed E-state index contributed by atoms with van der Waals surface area (Å²) in [4.78, 5) is 22.7. The molecule has 6 nitrogen and oxygen atoms in total.